The summed E-state index contributed by atoms with van der Waals surface area (Å²) in [5, 5.41) is 0. The lowest BCUT2D eigenvalue weighted by atomic mass is 10.0. The van der Waals surface area contributed by atoms with Gasteiger partial charge in [-0.1, -0.05) is 6.07 Å². The molecule has 0 aliphatic carbocycles. The van der Waals surface area contributed by atoms with Gasteiger partial charge in [0.05, 0.1) is 0 Å². The normalized spacial score (nSPS) is 15.0. The Morgan fingerprint density at radius 1 is 1.13 bits per heavy atom. The Kier molecular flexibility index (Phi) is 4.99. The molecule has 1 rings (SSSR count). The van der Waals surface area contributed by atoms with Crippen LogP contribution in [0.25, 0.3) is 0 Å². The zero-order chi connectivity index (χ0) is 11.4. The Morgan fingerprint density at radius 2 is 1.80 bits per heavy atom. The van der Waals surface area contributed by atoms with E-state index in [4.69, 9.17) is 11.5 Å². The van der Waals surface area contributed by atoms with Crippen molar-refractivity contribution in [1.82, 2.24) is 0 Å². The van der Waals surface area contributed by atoms with Gasteiger partial charge in [-0.2, -0.15) is 0 Å². The molecule has 0 radical (unpaired) electrons. The number of nitrogens with two attached hydrogens (primary N) is 2. The standard InChI is InChI=1S/C11H18N2S2/c1-7(12)11(13)9-5-4-8(14-2)6-10(9)15-3/h4-7,11H,12-13H2,1-3H3. The minimum atomic E-state index is -0.0802. The average molecular weight is 242 g/mol. The predicted octanol–water partition coefficient (Wildman–Crippen LogP) is 2.48. The summed E-state index contributed by atoms with van der Waals surface area (Å²) in [6.45, 7) is 1.94. The summed E-state index contributed by atoms with van der Waals surface area (Å²) in [6, 6.07) is 6.26. The number of benzene rings is 1. The van der Waals surface area contributed by atoms with Crippen molar-refractivity contribution < 1.29 is 0 Å². The molecule has 1 aromatic rings. The molecule has 0 heterocycles. The van der Waals surface area contributed by atoms with Crippen LogP contribution in [0, 0.1) is 0 Å². The Morgan fingerprint density at radius 3 is 2.27 bits per heavy atom. The van der Waals surface area contributed by atoms with E-state index >= 15 is 0 Å². The van der Waals surface area contributed by atoms with Gasteiger partial charge in [0.1, 0.15) is 0 Å². The summed E-state index contributed by atoms with van der Waals surface area (Å²) in [5.41, 5.74) is 13.0. The molecule has 15 heavy (non-hydrogen) atoms. The van der Waals surface area contributed by atoms with Crippen LogP contribution in [0.5, 0.6) is 0 Å². The van der Waals surface area contributed by atoms with E-state index in [9.17, 15) is 0 Å². The summed E-state index contributed by atoms with van der Waals surface area (Å²) < 4.78 is 0. The van der Waals surface area contributed by atoms with E-state index in [0.717, 1.165) is 5.56 Å². The van der Waals surface area contributed by atoms with Crippen LogP contribution in [-0.4, -0.2) is 18.6 Å². The van der Waals surface area contributed by atoms with Gasteiger partial charge in [0, 0.05) is 21.9 Å². The number of hydrogen-bond acceptors (Lipinski definition) is 4. The van der Waals surface area contributed by atoms with Crippen molar-refractivity contribution in [2.24, 2.45) is 11.5 Å². The predicted molar refractivity (Wildman–Crippen MR) is 70.6 cm³/mol. The van der Waals surface area contributed by atoms with Gasteiger partial charge in [0.25, 0.3) is 0 Å². The highest BCUT2D eigenvalue weighted by atomic mass is 32.2. The van der Waals surface area contributed by atoms with E-state index in [0.29, 0.717) is 0 Å². The minimum Gasteiger partial charge on any atom is -0.326 e. The van der Waals surface area contributed by atoms with Gasteiger partial charge in [-0.15, -0.1) is 23.5 Å². The van der Waals surface area contributed by atoms with Gasteiger partial charge in [-0.05, 0) is 37.1 Å². The van der Waals surface area contributed by atoms with E-state index in [1.165, 1.54) is 9.79 Å². The molecule has 0 aliphatic heterocycles. The molecule has 4 heteroatoms. The van der Waals surface area contributed by atoms with Crippen LogP contribution in [0.3, 0.4) is 0 Å². The fourth-order valence-corrected chi connectivity index (χ4v) is 2.58. The van der Waals surface area contributed by atoms with Crippen LogP contribution >= 0.6 is 23.5 Å². The molecule has 2 unspecified atom stereocenters. The van der Waals surface area contributed by atoms with Crippen molar-refractivity contribution in [3.8, 4) is 0 Å². The van der Waals surface area contributed by atoms with Crippen molar-refractivity contribution in [2.75, 3.05) is 12.5 Å². The molecule has 0 spiro atoms. The third-order valence-corrected chi connectivity index (χ3v) is 3.88. The fraction of sp³-hybridized carbons (Fsp3) is 0.455. The Bertz CT molecular complexity index is 326. The van der Waals surface area contributed by atoms with Gasteiger partial charge < -0.3 is 11.5 Å². The van der Waals surface area contributed by atoms with E-state index in [-0.39, 0.29) is 12.1 Å². The molecular weight excluding hydrogens is 224 g/mol. The van der Waals surface area contributed by atoms with Crippen LogP contribution in [0.4, 0.5) is 0 Å². The van der Waals surface area contributed by atoms with Crippen LogP contribution in [-0.2, 0) is 0 Å². The van der Waals surface area contributed by atoms with Crippen LogP contribution in [0.1, 0.15) is 18.5 Å². The second-order valence-electron chi connectivity index (χ2n) is 3.49. The van der Waals surface area contributed by atoms with Crippen molar-refractivity contribution in [3.63, 3.8) is 0 Å². The molecule has 0 amide bonds. The van der Waals surface area contributed by atoms with Crippen molar-refractivity contribution in [3.05, 3.63) is 23.8 Å². The van der Waals surface area contributed by atoms with E-state index in [2.05, 4.69) is 30.7 Å². The zero-order valence-electron chi connectivity index (χ0n) is 9.36. The highest BCUT2D eigenvalue weighted by molar-refractivity contribution is 7.99. The minimum absolute atomic E-state index is 0.0176. The maximum atomic E-state index is 6.06. The van der Waals surface area contributed by atoms with Gasteiger partial charge in [-0.25, -0.2) is 0 Å². The number of thioether (sulfide) groups is 2. The van der Waals surface area contributed by atoms with Crippen molar-refractivity contribution in [1.29, 1.82) is 0 Å². The smallest absolute Gasteiger partial charge is 0.0457 e. The second-order valence-corrected chi connectivity index (χ2v) is 5.22. The number of hydrogen-bond donors (Lipinski definition) is 2. The molecule has 0 aliphatic rings. The van der Waals surface area contributed by atoms with E-state index in [1.54, 1.807) is 23.5 Å². The molecule has 2 atom stereocenters. The van der Waals surface area contributed by atoms with Gasteiger partial charge in [0.15, 0.2) is 0 Å². The molecule has 0 aromatic heterocycles. The van der Waals surface area contributed by atoms with Crippen molar-refractivity contribution >= 4 is 23.5 Å². The summed E-state index contributed by atoms with van der Waals surface area (Å²) in [4.78, 5) is 2.49. The molecule has 4 N–H and O–H groups in total. The van der Waals surface area contributed by atoms with Gasteiger partial charge in [0.2, 0.25) is 0 Å². The highest BCUT2D eigenvalue weighted by Gasteiger charge is 2.14. The quantitative estimate of drug-likeness (QED) is 0.797. The van der Waals surface area contributed by atoms with Gasteiger partial charge in [-0.3, -0.25) is 0 Å². The molecule has 0 saturated heterocycles. The first-order valence-electron chi connectivity index (χ1n) is 4.83. The van der Waals surface area contributed by atoms with E-state index < -0.39 is 0 Å². The first-order chi connectivity index (χ1) is 7.10. The average Bonchev–Trinajstić information content (AvgIpc) is 2.27. The lowest BCUT2D eigenvalue weighted by molar-refractivity contribution is 0.580. The molecule has 2 nitrogen and oxygen atoms in total. The zero-order valence-corrected chi connectivity index (χ0v) is 11.0. The summed E-state index contributed by atoms with van der Waals surface area (Å²) in [5.74, 6) is 0. The largest absolute Gasteiger partial charge is 0.326 e. The summed E-state index contributed by atoms with van der Waals surface area (Å²) >= 11 is 3.46. The highest BCUT2D eigenvalue weighted by Crippen LogP contribution is 2.30. The summed E-state index contributed by atoms with van der Waals surface area (Å²) in [7, 11) is 0. The molecule has 0 fully saturated rings. The monoisotopic (exact) mass is 242 g/mol. The maximum absolute atomic E-state index is 6.06. The molecule has 0 saturated carbocycles. The summed E-state index contributed by atoms with van der Waals surface area (Å²) in [6.07, 6.45) is 4.14. The van der Waals surface area contributed by atoms with E-state index in [1.807, 2.05) is 6.92 Å². The third kappa shape index (κ3) is 3.14. The first-order valence-corrected chi connectivity index (χ1v) is 7.28. The lowest BCUT2D eigenvalue weighted by Crippen LogP contribution is -2.31. The topological polar surface area (TPSA) is 52.0 Å². The van der Waals surface area contributed by atoms with Crippen LogP contribution in [0.2, 0.25) is 0 Å². The van der Waals surface area contributed by atoms with Crippen LogP contribution in [0.15, 0.2) is 28.0 Å². The van der Waals surface area contributed by atoms with Crippen LogP contribution < -0.4 is 11.5 Å². The molecular formula is C11H18N2S2. The third-order valence-electron chi connectivity index (χ3n) is 2.37. The Labute approximate surface area is 100 Å². The van der Waals surface area contributed by atoms with Gasteiger partial charge >= 0.3 is 0 Å². The van der Waals surface area contributed by atoms with Crippen molar-refractivity contribution in [2.45, 2.75) is 28.8 Å². The Hall–Kier alpha value is -0.160. The first kappa shape index (κ1) is 12.9. The molecule has 1 aromatic carbocycles. The fourth-order valence-electron chi connectivity index (χ4n) is 1.38. The lowest BCUT2D eigenvalue weighted by Gasteiger charge is -2.19. The SMILES string of the molecule is CSc1ccc(C(N)C(C)N)c(SC)c1. The molecule has 0 bridgehead atoms. The Balaban J connectivity index is 3.07. The second kappa shape index (κ2) is 5.80. The molecule has 84 valence electrons. The number of rotatable bonds is 4. The maximum Gasteiger partial charge on any atom is 0.0457 e.